The zero-order valence-electron chi connectivity index (χ0n) is 19.3. The van der Waals surface area contributed by atoms with Crippen molar-refractivity contribution in [3.8, 4) is 17.0 Å². The number of H-pyrrole nitrogens is 1. The van der Waals surface area contributed by atoms with Gasteiger partial charge in [0, 0.05) is 38.2 Å². The van der Waals surface area contributed by atoms with Crippen molar-refractivity contribution in [2.24, 2.45) is 0 Å². The number of hydrogen-bond acceptors (Lipinski definition) is 6. The third-order valence-electron chi connectivity index (χ3n) is 6.11. The minimum atomic E-state index is -0.107. The summed E-state index contributed by atoms with van der Waals surface area (Å²) in [7, 11) is 3.22. The maximum absolute atomic E-state index is 13.1. The normalized spacial score (nSPS) is 14.6. The van der Waals surface area contributed by atoms with E-state index in [2.05, 4.69) is 15.3 Å². The number of carbonyl (C=O) groups excluding carboxylic acids is 1. The monoisotopic (exact) mass is 454 g/mol. The van der Waals surface area contributed by atoms with Crippen molar-refractivity contribution < 1.29 is 14.3 Å². The second-order valence-corrected chi connectivity index (χ2v) is 8.03. The molecule has 3 aromatic rings. The average molecular weight is 455 g/mol. The van der Waals surface area contributed by atoms with Gasteiger partial charge in [0.05, 0.1) is 26.0 Å². The van der Waals surface area contributed by atoms with Crippen molar-refractivity contribution in [2.45, 2.75) is 38.8 Å². The van der Waals surface area contributed by atoms with Crippen LogP contribution in [0.3, 0.4) is 0 Å². The average Bonchev–Trinajstić information content (AvgIpc) is 3.47. The Balaban J connectivity index is 1.44. The summed E-state index contributed by atoms with van der Waals surface area (Å²) in [5, 5.41) is 11.8. The number of likely N-dealkylation sites (tertiary alicyclic amines) is 1. The number of para-hydroxylation sites is 1. The van der Waals surface area contributed by atoms with Gasteiger partial charge in [-0.15, -0.1) is 0 Å². The van der Waals surface area contributed by atoms with Gasteiger partial charge < -0.3 is 14.4 Å². The molecule has 4 rings (SSSR count). The Kier molecular flexibility index (Phi) is 6.93. The summed E-state index contributed by atoms with van der Waals surface area (Å²) in [6.07, 6.45) is 1.50. The number of benzene rings is 1. The number of hydrogen-bond donors (Lipinski definition) is 1. The molecule has 1 saturated heterocycles. The van der Waals surface area contributed by atoms with Gasteiger partial charge in [-0.1, -0.05) is 12.1 Å². The molecule has 0 saturated carbocycles. The van der Waals surface area contributed by atoms with Crippen LogP contribution in [0.4, 0.5) is 0 Å². The molecule has 1 amide bonds. The molecule has 0 aliphatic carbocycles. The Morgan fingerprint density at radius 3 is 2.67 bits per heavy atom. The first-order valence-corrected chi connectivity index (χ1v) is 11.2. The van der Waals surface area contributed by atoms with Crippen molar-refractivity contribution >= 4 is 5.91 Å². The molecule has 1 aromatic carbocycles. The van der Waals surface area contributed by atoms with E-state index >= 15 is 0 Å². The number of carbonyl (C=O) groups is 1. The Hall–Kier alpha value is -3.40. The van der Waals surface area contributed by atoms with Crippen LogP contribution < -0.4 is 10.4 Å². The number of nitrogens with one attached hydrogen (secondary N) is 1. The number of amides is 1. The van der Waals surface area contributed by atoms with Crippen molar-refractivity contribution in [1.82, 2.24) is 29.4 Å². The maximum atomic E-state index is 13.1. The Morgan fingerprint density at radius 1 is 1.21 bits per heavy atom. The summed E-state index contributed by atoms with van der Waals surface area (Å²) in [5.74, 6) is 1.55. The van der Waals surface area contributed by atoms with E-state index < -0.39 is 0 Å². The van der Waals surface area contributed by atoms with Crippen LogP contribution in [0.15, 0.2) is 35.1 Å². The second-order valence-electron chi connectivity index (χ2n) is 8.03. The molecule has 2 aromatic heterocycles. The highest BCUT2D eigenvalue weighted by molar-refractivity contribution is 5.93. The summed E-state index contributed by atoms with van der Waals surface area (Å²) < 4.78 is 13.7. The van der Waals surface area contributed by atoms with E-state index in [1.54, 1.807) is 24.9 Å². The van der Waals surface area contributed by atoms with Gasteiger partial charge in [0.1, 0.15) is 17.3 Å². The van der Waals surface area contributed by atoms with Crippen molar-refractivity contribution in [3.63, 3.8) is 0 Å². The third kappa shape index (κ3) is 4.56. The van der Waals surface area contributed by atoms with Crippen molar-refractivity contribution in [1.29, 1.82) is 0 Å². The lowest BCUT2D eigenvalue weighted by Crippen LogP contribution is -2.38. The van der Waals surface area contributed by atoms with E-state index in [4.69, 9.17) is 9.47 Å². The lowest BCUT2D eigenvalue weighted by molar-refractivity contribution is 0.0704. The topological polar surface area (TPSA) is 107 Å². The van der Waals surface area contributed by atoms with Crippen LogP contribution in [0, 0.1) is 0 Å². The van der Waals surface area contributed by atoms with Gasteiger partial charge in [-0.25, -0.2) is 9.48 Å². The van der Waals surface area contributed by atoms with E-state index in [0.29, 0.717) is 49.9 Å². The molecule has 10 heteroatoms. The predicted molar refractivity (Wildman–Crippen MR) is 122 cm³/mol. The summed E-state index contributed by atoms with van der Waals surface area (Å²) in [4.78, 5) is 27.5. The van der Waals surface area contributed by atoms with Crippen molar-refractivity contribution in [2.75, 3.05) is 33.9 Å². The molecule has 0 spiro atoms. The molecular weight excluding hydrogens is 424 g/mol. The lowest BCUT2D eigenvalue weighted by Gasteiger charge is -2.31. The fourth-order valence-corrected chi connectivity index (χ4v) is 4.32. The largest absolute Gasteiger partial charge is 0.496 e. The van der Waals surface area contributed by atoms with Gasteiger partial charge >= 0.3 is 5.69 Å². The minimum Gasteiger partial charge on any atom is -0.496 e. The van der Waals surface area contributed by atoms with E-state index in [0.717, 1.165) is 24.2 Å². The van der Waals surface area contributed by atoms with Crippen LogP contribution >= 0.6 is 0 Å². The standard InChI is InChI=1S/C23H30N6O4/c1-4-28-21(26-29(23(28)31)13-14-32-2)16-9-11-27(12-10-16)22(30)19-15-18(24-25-19)17-7-5-6-8-20(17)33-3/h5-8,15-16H,4,9-14H2,1-3H3,(H,24,25). The molecule has 1 N–H and O–H groups in total. The summed E-state index contributed by atoms with van der Waals surface area (Å²) in [5.41, 5.74) is 1.84. The summed E-state index contributed by atoms with van der Waals surface area (Å²) in [6.45, 7) is 4.57. The molecular formula is C23H30N6O4. The molecule has 176 valence electrons. The highest BCUT2D eigenvalue weighted by Crippen LogP contribution is 2.30. The van der Waals surface area contributed by atoms with Crippen LogP contribution in [-0.2, 0) is 17.8 Å². The van der Waals surface area contributed by atoms with Crippen LogP contribution in [0.5, 0.6) is 5.75 Å². The zero-order valence-corrected chi connectivity index (χ0v) is 19.3. The van der Waals surface area contributed by atoms with E-state index in [9.17, 15) is 9.59 Å². The van der Waals surface area contributed by atoms with Crippen LogP contribution in [0.25, 0.3) is 11.3 Å². The van der Waals surface area contributed by atoms with Gasteiger partial charge in [-0.2, -0.15) is 10.2 Å². The van der Waals surface area contributed by atoms with Crippen molar-refractivity contribution in [3.05, 3.63) is 52.3 Å². The second kappa shape index (κ2) is 10.0. The van der Waals surface area contributed by atoms with E-state index in [-0.39, 0.29) is 17.5 Å². The van der Waals surface area contributed by atoms with Gasteiger partial charge in [0.25, 0.3) is 5.91 Å². The first kappa shape index (κ1) is 22.8. The predicted octanol–water partition coefficient (Wildman–Crippen LogP) is 2.13. The first-order valence-electron chi connectivity index (χ1n) is 11.2. The number of ether oxygens (including phenoxy) is 2. The lowest BCUT2D eigenvalue weighted by atomic mass is 9.95. The van der Waals surface area contributed by atoms with Crippen LogP contribution in [0.2, 0.25) is 0 Å². The Bertz CT molecular complexity index is 1160. The molecule has 1 fully saturated rings. The molecule has 0 atom stereocenters. The molecule has 0 bridgehead atoms. The van der Waals surface area contributed by atoms with E-state index in [1.807, 2.05) is 36.1 Å². The first-order chi connectivity index (χ1) is 16.1. The fraction of sp³-hybridized carbons (Fsp3) is 0.478. The smallest absolute Gasteiger partial charge is 0.345 e. The number of methoxy groups -OCH3 is 2. The molecule has 0 unspecified atom stereocenters. The number of nitrogens with zero attached hydrogens (tertiary/aromatic N) is 5. The third-order valence-corrected chi connectivity index (χ3v) is 6.11. The van der Waals surface area contributed by atoms with Gasteiger partial charge in [0.2, 0.25) is 0 Å². The zero-order chi connectivity index (χ0) is 23.4. The van der Waals surface area contributed by atoms with Gasteiger partial charge in [-0.05, 0) is 38.0 Å². The number of piperidine rings is 1. The highest BCUT2D eigenvalue weighted by Gasteiger charge is 2.29. The maximum Gasteiger partial charge on any atom is 0.345 e. The Labute approximate surface area is 192 Å². The Morgan fingerprint density at radius 2 is 1.97 bits per heavy atom. The molecule has 10 nitrogen and oxygen atoms in total. The summed E-state index contributed by atoms with van der Waals surface area (Å²) >= 11 is 0. The van der Waals surface area contributed by atoms with Crippen LogP contribution in [0.1, 0.15) is 42.0 Å². The quantitative estimate of drug-likeness (QED) is 0.559. The van der Waals surface area contributed by atoms with Crippen LogP contribution in [-0.4, -0.2) is 69.3 Å². The molecule has 33 heavy (non-hydrogen) atoms. The molecule has 0 radical (unpaired) electrons. The van der Waals surface area contributed by atoms with E-state index in [1.165, 1.54) is 4.68 Å². The molecule has 3 heterocycles. The number of aromatic nitrogens is 5. The highest BCUT2D eigenvalue weighted by atomic mass is 16.5. The summed E-state index contributed by atoms with van der Waals surface area (Å²) in [6, 6.07) is 9.34. The minimum absolute atomic E-state index is 0.0828. The molecule has 1 aliphatic heterocycles. The number of aromatic amines is 1. The fourth-order valence-electron chi connectivity index (χ4n) is 4.32. The van der Waals surface area contributed by atoms with Gasteiger partial charge in [0.15, 0.2) is 0 Å². The molecule has 1 aliphatic rings. The number of rotatable bonds is 8. The SMILES string of the molecule is CCn1c(C2CCN(C(=O)c3cc(-c4ccccc4OC)n[nH]3)CC2)nn(CCOC)c1=O. The van der Waals surface area contributed by atoms with Gasteiger partial charge in [-0.3, -0.25) is 14.5 Å².